The highest BCUT2D eigenvalue weighted by molar-refractivity contribution is 5.43. The molecule has 2 aliphatic carbocycles. The van der Waals surface area contributed by atoms with Gasteiger partial charge in [-0.15, -0.1) is 0 Å². The summed E-state index contributed by atoms with van der Waals surface area (Å²) < 4.78 is 12.0. The van der Waals surface area contributed by atoms with E-state index in [1.54, 1.807) is 0 Å². The first-order valence-corrected chi connectivity index (χ1v) is 9.01. The van der Waals surface area contributed by atoms with Crippen LogP contribution in [0.3, 0.4) is 0 Å². The van der Waals surface area contributed by atoms with Gasteiger partial charge in [0.2, 0.25) is 0 Å². The molecule has 0 saturated heterocycles. The van der Waals surface area contributed by atoms with Crippen LogP contribution in [0.25, 0.3) is 0 Å². The second kappa shape index (κ2) is 7.87. The van der Waals surface area contributed by atoms with Crippen LogP contribution in [-0.2, 0) is 6.54 Å². The van der Waals surface area contributed by atoms with Crippen LogP contribution < -0.4 is 14.8 Å². The van der Waals surface area contributed by atoms with Crippen molar-refractivity contribution in [3.8, 4) is 11.5 Å². The summed E-state index contributed by atoms with van der Waals surface area (Å²) >= 11 is 0. The Hall–Kier alpha value is -1.22. The average Bonchev–Trinajstić information content (AvgIpc) is 3.21. The third-order valence-electron chi connectivity index (χ3n) is 4.85. The molecule has 0 heterocycles. The maximum atomic E-state index is 6.15. The van der Waals surface area contributed by atoms with Gasteiger partial charge in [-0.25, -0.2) is 0 Å². The van der Waals surface area contributed by atoms with Crippen LogP contribution in [0, 0.1) is 0 Å². The number of ether oxygens (including phenoxy) is 2. The number of rotatable bonds is 7. The Morgan fingerprint density at radius 2 is 1.73 bits per heavy atom. The Morgan fingerprint density at radius 3 is 2.45 bits per heavy atom. The van der Waals surface area contributed by atoms with Gasteiger partial charge in [0.1, 0.15) is 0 Å². The van der Waals surface area contributed by atoms with Crippen molar-refractivity contribution in [3.05, 3.63) is 23.8 Å². The molecule has 2 aliphatic rings. The smallest absolute Gasteiger partial charge is 0.161 e. The first kappa shape index (κ1) is 15.7. The molecule has 0 atom stereocenters. The lowest BCUT2D eigenvalue weighted by molar-refractivity contribution is 0.196. The first-order valence-electron chi connectivity index (χ1n) is 9.01. The van der Waals surface area contributed by atoms with Crippen LogP contribution in [0.1, 0.15) is 63.9 Å². The van der Waals surface area contributed by atoms with Crippen molar-refractivity contribution in [1.82, 2.24) is 5.32 Å². The molecule has 122 valence electrons. The van der Waals surface area contributed by atoms with Gasteiger partial charge in [-0.05, 0) is 63.1 Å². The summed E-state index contributed by atoms with van der Waals surface area (Å²) in [5, 5.41) is 3.66. The molecule has 3 heteroatoms. The molecule has 0 amide bonds. The fraction of sp³-hybridized carbons (Fsp3) is 0.684. The Kier molecular flexibility index (Phi) is 5.60. The van der Waals surface area contributed by atoms with E-state index in [0.717, 1.165) is 18.0 Å². The second-order valence-electron chi connectivity index (χ2n) is 6.60. The molecular formula is C19H29NO2. The van der Waals surface area contributed by atoms with E-state index in [0.29, 0.717) is 18.8 Å². The molecule has 3 rings (SSSR count). The molecule has 2 fully saturated rings. The number of nitrogens with one attached hydrogen (secondary N) is 1. The minimum atomic E-state index is 0.377. The van der Waals surface area contributed by atoms with E-state index in [9.17, 15) is 0 Å². The summed E-state index contributed by atoms with van der Waals surface area (Å²) in [5.41, 5.74) is 1.29. The standard InChI is InChI=1S/C19H29NO2/c1-2-21-19-13-15(14-20-16-7-3-4-8-16)11-12-18(19)22-17-9-5-6-10-17/h11-13,16-17,20H,2-10,14H2,1H3. The van der Waals surface area contributed by atoms with Crippen LogP contribution in [0.4, 0.5) is 0 Å². The summed E-state index contributed by atoms with van der Waals surface area (Å²) in [5.74, 6) is 1.82. The minimum absolute atomic E-state index is 0.377. The van der Waals surface area contributed by atoms with Crippen molar-refractivity contribution in [1.29, 1.82) is 0 Å². The zero-order valence-corrected chi connectivity index (χ0v) is 13.8. The van der Waals surface area contributed by atoms with Gasteiger partial charge in [-0.1, -0.05) is 18.9 Å². The number of benzene rings is 1. The van der Waals surface area contributed by atoms with Crippen LogP contribution in [0.15, 0.2) is 18.2 Å². The van der Waals surface area contributed by atoms with Gasteiger partial charge in [0, 0.05) is 12.6 Å². The SMILES string of the molecule is CCOc1cc(CNC2CCCC2)ccc1OC1CCCC1. The lowest BCUT2D eigenvalue weighted by Gasteiger charge is -2.18. The zero-order valence-electron chi connectivity index (χ0n) is 13.8. The highest BCUT2D eigenvalue weighted by Gasteiger charge is 2.19. The fourth-order valence-corrected chi connectivity index (χ4v) is 3.61. The summed E-state index contributed by atoms with van der Waals surface area (Å²) in [6.07, 6.45) is 10.7. The van der Waals surface area contributed by atoms with E-state index >= 15 is 0 Å². The Morgan fingerprint density at radius 1 is 1.00 bits per heavy atom. The average molecular weight is 303 g/mol. The maximum absolute atomic E-state index is 6.15. The summed E-state index contributed by atoms with van der Waals surface area (Å²) in [4.78, 5) is 0. The molecular weight excluding hydrogens is 274 g/mol. The molecule has 22 heavy (non-hydrogen) atoms. The van der Waals surface area contributed by atoms with Gasteiger partial charge in [0.05, 0.1) is 12.7 Å². The van der Waals surface area contributed by atoms with Crippen LogP contribution >= 0.6 is 0 Å². The predicted molar refractivity (Wildman–Crippen MR) is 89.6 cm³/mol. The monoisotopic (exact) mass is 303 g/mol. The van der Waals surface area contributed by atoms with Crippen molar-refractivity contribution in [2.45, 2.75) is 77.0 Å². The van der Waals surface area contributed by atoms with E-state index < -0.39 is 0 Å². The highest BCUT2D eigenvalue weighted by Crippen LogP contribution is 2.32. The molecule has 1 aromatic rings. The van der Waals surface area contributed by atoms with Gasteiger partial charge in [-0.3, -0.25) is 0 Å². The van der Waals surface area contributed by atoms with Crippen molar-refractivity contribution in [2.75, 3.05) is 6.61 Å². The fourth-order valence-electron chi connectivity index (χ4n) is 3.61. The van der Waals surface area contributed by atoms with E-state index in [-0.39, 0.29) is 0 Å². The molecule has 1 N–H and O–H groups in total. The summed E-state index contributed by atoms with van der Waals surface area (Å²) in [6.45, 7) is 3.64. The minimum Gasteiger partial charge on any atom is -0.490 e. The quantitative estimate of drug-likeness (QED) is 0.808. The second-order valence-corrected chi connectivity index (χ2v) is 6.60. The van der Waals surface area contributed by atoms with E-state index in [1.165, 1.54) is 56.9 Å². The van der Waals surface area contributed by atoms with Crippen molar-refractivity contribution >= 4 is 0 Å². The Balaban J connectivity index is 1.62. The molecule has 0 spiro atoms. The lowest BCUT2D eigenvalue weighted by atomic mass is 10.1. The number of hydrogen-bond acceptors (Lipinski definition) is 3. The number of hydrogen-bond donors (Lipinski definition) is 1. The highest BCUT2D eigenvalue weighted by atomic mass is 16.5. The molecule has 1 aromatic carbocycles. The summed E-state index contributed by atoms with van der Waals surface area (Å²) in [6, 6.07) is 7.12. The Labute approximate surface area is 134 Å². The van der Waals surface area contributed by atoms with Crippen LogP contribution in [-0.4, -0.2) is 18.8 Å². The van der Waals surface area contributed by atoms with E-state index in [4.69, 9.17) is 9.47 Å². The largest absolute Gasteiger partial charge is 0.490 e. The van der Waals surface area contributed by atoms with Gasteiger partial charge < -0.3 is 14.8 Å². The van der Waals surface area contributed by atoms with Crippen molar-refractivity contribution in [2.24, 2.45) is 0 Å². The third-order valence-corrected chi connectivity index (χ3v) is 4.85. The van der Waals surface area contributed by atoms with E-state index in [2.05, 4.69) is 23.5 Å². The zero-order chi connectivity index (χ0) is 15.2. The molecule has 0 radical (unpaired) electrons. The van der Waals surface area contributed by atoms with Crippen LogP contribution in [0.2, 0.25) is 0 Å². The molecule has 0 aliphatic heterocycles. The van der Waals surface area contributed by atoms with Crippen LogP contribution in [0.5, 0.6) is 11.5 Å². The lowest BCUT2D eigenvalue weighted by Crippen LogP contribution is -2.25. The van der Waals surface area contributed by atoms with Gasteiger partial charge in [0.25, 0.3) is 0 Å². The molecule has 0 aromatic heterocycles. The molecule has 2 saturated carbocycles. The van der Waals surface area contributed by atoms with Gasteiger partial charge >= 0.3 is 0 Å². The van der Waals surface area contributed by atoms with Crippen molar-refractivity contribution in [3.63, 3.8) is 0 Å². The third kappa shape index (κ3) is 4.16. The molecule has 0 bridgehead atoms. The van der Waals surface area contributed by atoms with Crippen molar-refractivity contribution < 1.29 is 9.47 Å². The predicted octanol–water partition coefficient (Wildman–Crippen LogP) is 4.44. The normalized spacial score (nSPS) is 19.7. The molecule has 3 nitrogen and oxygen atoms in total. The maximum Gasteiger partial charge on any atom is 0.161 e. The van der Waals surface area contributed by atoms with E-state index in [1.807, 2.05) is 6.92 Å². The summed E-state index contributed by atoms with van der Waals surface area (Å²) in [7, 11) is 0. The topological polar surface area (TPSA) is 30.5 Å². The molecule has 0 unspecified atom stereocenters. The first-order chi connectivity index (χ1) is 10.8. The van der Waals surface area contributed by atoms with Gasteiger partial charge in [-0.2, -0.15) is 0 Å². The van der Waals surface area contributed by atoms with Gasteiger partial charge in [0.15, 0.2) is 11.5 Å². The Bertz CT molecular complexity index is 463.